The summed E-state index contributed by atoms with van der Waals surface area (Å²) in [5.74, 6) is 1.92. The van der Waals surface area contributed by atoms with Gasteiger partial charge in [0.1, 0.15) is 17.0 Å². The standard InChI is InChI=1S/C52H34N4O/c1-4-15-34(16-5-1)29-49-53-51(38-22-14-21-37(30-38)35-17-6-2-7-18-35)55-52(54-49)44-31-39(36-19-8-3-9-20-36)32-48-50(44)43-33-40(27-28-47(43)57-48)56-45-25-12-10-23-41(45)42-24-11-13-26-46(42)56/h1-28,30-33H,29H2. The number of aromatic nitrogens is 4. The predicted molar refractivity (Wildman–Crippen MR) is 232 cm³/mol. The van der Waals surface area contributed by atoms with Crippen LogP contribution in [0.15, 0.2) is 199 Å². The Kier molecular flexibility index (Phi) is 7.81. The number of nitrogens with zero attached hydrogens (tertiary/aromatic N) is 4. The van der Waals surface area contributed by atoms with Gasteiger partial charge in [0.15, 0.2) is 11.6 Å². The van der Waals surface area contributed by atoms with Crippen LogP contribution in [0.4, 0.5) is 0 Å². The van der Waals surface area contributed by atoms with Gasteiger partial charge in [-0.3, -0.25) is 0 Å². The molecule has 0 spiro atoms. The minimum Gasteiger partial charge on any atom is -0.456 e. The van der Waals surface area contributed by atoms with Crippen LogP contribution in [0.1, 0.15) is 11.4 Å². The van der Waals surface area contributed by atoms with E-state index in [-0.39, 0.29) is 0 Å². The zero-order valence-corrected chi connectivity index (χ0v) is 30.9. The summed E-state index contributed by atoms with van der Waals surface area (Å²) in [7, 11) is 0. The van der Waals surface area contributed by atoms with Crippen LogP contribution in [-0.4, -0.2) is 19.5 Å². The van der Waals surface area contributed by atoms with E-state index in [1.807, 2.05) is 18.2 Å². The predicted octanol–water partition coefficient (Wildman–Crippen LogP) is 13.1. The highest BCUT2D eigenvalue weighted by atomic mass is 16.3. The van der Waals surface area contributed by atoms with Gasteiger partial charge in [-0.25, -0.2) is 15.0 Å². The molecule has 57 heavy (non-hydrogen) atoms. The van der Waals surface area contributed by atoms with Crippen molar-refractivity contribution in [3.05, 3.63) is 206 Å². The molecule has 0 aliphatic carbocycles. The molecule has 0 N–H and O–H groups in total. The van der Waals surface area contributed by atoms with Crippen molar-refractivity contribution in [2.45, 2.75) is 6.42 Å². The third-order valence-electron chi connectivity index (χ3n) is 10.9. The lowest BCUT2D eigenvalue weighted by Crippen LogP contribution is -2.04. The second-order valence-corrected chi connectivity index (χ2v) is 14.4. The first kappa shape index (κ1) is 32.8. The third kappa shape index (κ3) is 5.85. The third-order valence-corrected chi connectivity index (χ3v) is 10.9. The summed E-state index contributed by atoms with van der Waals surface area (Å²) in [6, 6.07) is 67.7. The normalized spacial score (nSPS) is 11.6. The first-order chi connectivity index (χ1) is 28.2. The first-order valence-electron chi connectivity index (χ1n) is 19.2. The van der Waals surface area contributed by atoms with E-state index in [2.05, 4.69) is 180 Å². The van der Waals surface area contributed by atoms with Gasteiger partial charge in [0.05, 0.1) is 11.0 Å². The smallest absolute Gasteiger partial charge is 0.164 e. The lowest BCUT2D eigenvalue weighted by atomic mass is 9.98. The van der Waals surface area contributed by atoms with Crippen molar-refractivity contribution in [3.63, 3.8) is 0 Å². The summed E-state index contributed by atoms with van der Waals surface area (Å²) >= 11 is 0. The molecule has 0 fully saturated rings. The zero-order valence-electron chi connectivity index (χ0n) is 30.9. The molecule has 5 heteroatoms. The summed E-state index contributed by atoms with van der Waals surface area (Å²) in [6.07, 6.45) is 0.563. The molecule has 3 heterocycles. The molecule has 11 aromatic rings. The molecule has 0 saturated heterocycles. The minimum atomic E-state index is 0.563. The quantitative estimate of drug-likeness (QED) is 0.164. The summed E-state index contributed by atoms with van der Waals surface area (Å²) in [6.45, 7) is 0. The first-order valence-corrected chi connectivity index (χ1v) is 19.2. The number of benzene rings is 8. The van der Waals surface area contributed by atoms with Crippen LogP contribution < -0.4 is 0 Å². The average Bonchev–Trinajstić information content (AvgIpc) is 3.82. The number of rotatable bonds is 7. The zero-order chi connectivity index (χ0) is 37.7. The van der Waals surface area contributed by atoms with Crippen LogP contribution >= 0.6 is 0 Å². The number of hydrogen-bond acceptors (Lipinski definition) is 4. The largest absolute Gasteiger partial charge is 0.456 e. The molecule has 0 saturated carbocycles. The van der Waals surface area contributed by atoms with E-state index in [1.54, 1.807) is 0 Å². The molecule has 0 radical (unpaired) electrons. The molecule has 8 aromatic carbocycles. The molecule has 0 atom stereocenters. The summed E-state index contributed by atoms with van der Waals surface area (Å²) < 4.78 is 9.10. The highest BCUT2D eigenvalue weighted by molar-refractivity contribution is 6.14. The Balaban J connectivity index is 1.17. The lowest BCUT2D eigenvalue weighted by molar-refractivity contribution is 0.669. The van der Waals surface area contributed by atoms with Gasteiger partial charge in [0.25, 0.3) is 0 Å². The summed E-state index contributed by atoms with van der Waals surface area (Å²) in [5, 5.41) is 4.40. The number of para-hydroxylation sites is 2. The molecule has 5 nitrogen and oxygen atoms in total. The Morgan fingerprint density at radius 1 is 0.404 bits per heavy atom. The van der Waals surface area contributed by atoms with Crippen molar-refractivity contribution < 1.29 is 4.42 Å². The van der Waals surface area contributed by atoms with Crippen LogP contribution in [0.25, 0.3) is 94.5 Å². The lowest BCUT2D eigenvalue weighted by Gasteiger charge is -2.12. The highest BCUT2D eigenvalue weighted by Gasteiger charge is 2.21. The van der Waals surface area contributed by atoms with E-state index in [0.717, 1.165) is 77.6 Å². The monoisotopic (exact) mass is 730 g/mol. The number of furan rings is 1. The van der Waals surface area contributed by atoms with Gasteiger partial charge in [0.2, 0.25) is 0 Å². The Hall–Kier alpha value is -7.63. The molecule has 0 bridgehead atoms. The van der Waals surface area contributed by atoms with Crippen molar-refractivity contribution in [3.8, 4) is 50.7 Å². The van der Waals surface area contributed by atoms with Gasteiger partial charge in [-0.05, 0) is 76.3 Å². The van der Waals surface area contributed by atoms with Gasteiger partial charge < -0.3 is 8.98 Å². The molecule has 0 unspecified atom stereocenters. The fraction of sp³-hybridized carbons (Fsp3) is 0.0192. The topological polar surface area (TPSA) is 56.7 Å². The van der Waals surface area contributed by atoms with E-state index >= 15 is 0 Å². The van der Waals surface area contributed by atoms with E-state index in [0.29, 0.717) is 23.9 Å². The Bertz CT molecular complexity index is 3200. The van der Waals surface area contributed by atoms with Crippen LogP contribution in [0.2, 0.25) is 0 Å². The van der Waals surface area contributed by atoms with Crippen LogP contribution in [0, 0.1) is 0 Å². The molecule has 268 valence electrons. The second kappa shape index (κ2) is 13.6. The van der Waals surface area contributed by atoms with Gasteiger partial charge in [-0.15, -0.1) is 0 Å². The minimum absolute atomic E-state index is 0.563. The van der Waals surface area contributed by atoms with Crippen molar-refractivity contribution in [1.29, 1.82) is 0 Å². The van der Waals surface area contributed by atoms with E-state index < -0.39 is 0 Å². The van der Waals surface area contributed by atoms with Gasteiger partial charge in [-0.2, -0.15) is 0 Å². The summed E-state index contributed by atoms with van der Waals surface area (Å²) in [5.41, 5.74) is 12.2. The van der Waals surface area contributed by atoms with Crippen LogP contribution in [-0.2, 0) is 6.42 Å². The van der Waals surface area contributed by atoms with E-state index in [9.17, 15) is 0 Å². The maximum Gasteiger partial charge on any atom is 0.164 e. The fourth-order valence-corrected chi connectivity index (χ4v) is 8.20. The SMILES string of the molecule is c1ccc(Cc2nc(-c3cccc(-c4ccccc4)c3)nc(-c3cc(-c4ccccc4)cc4oc5ccc(-n6c7ccccc7c7ccccc76)cc5c34)n2)cc1. The maximum atomic E-state index is 6.75. The molecule has 0 aliphatic rings. The highest BCUT2D eigenvalue weighted by Crippen LogP contribution is 2.41. The van der Waals surface area contributed by atoms with Crippen LogP contribution in [0.5, 0.6) is 0 Å². The average molecular weight is 731 g/mol. The van der Waals surface area contributed by atoms with Crippen LogP contribution in [0.3, 0.4) is 0 Å². The Morgan fingerprint density at radius 2 is 1.00 bits per heavy atom. The fourth-order valence-electron chi connectivity index (χ4n) is 8.20. The van der Waals surface area contributed by atoms with Gasteiger partial charge in [0, 0.05) is 44.8 Å². The summed E-state index contributed by atoms with van der Waals surface area (Å²) in [4.78, 5) is 15.7. The van der Waals surface area contributed by atoms with Crippen molar-refractivity contribution in [1.82, 2.24) is 19.5 Å². The molecular formula is C52H34N4O. The number of fused-ring (bicyclic) bond motifs is 6. The second-order valence-electron chi connectivity index (χ2n) is 14.4. The van der Waals surface area contributed by atoms with Gasteiger partial charge in [-0.1, -0.05) is 146 Å². The van der Waals surface area contributed by atoms with E-state index in [4.69, 9.17) is 19.4 Å². The molecular weight excluding hydrogens is 697 g/mol. The molecule has 0 amide bonds. The maximum absolute atomic E-state index is 6.75. The van der Waals surface area contributed by atoms with E-state index in [1.165, 1.54) is 10.8 Å². The molecule has 3 aromatic heterocycles. The molecule has 11 rings (SSSR count). The Morgan fingerprint density at radius 3 is 1.72 bits per heavy atom. The molecule has 0 aliphatic heterocycles. The van der Waals surface area contributed by atoms with Crippen molar-refractivity contribution in [2.24, 2.45) is 0 Å². The Labute approximate surface area is 329 Å². The van der Waals surface area contributed by atoms with Gasteiger partial charge >= 0.3 is 0 Å². The van der Waals surface area contributed by atoms with Crippen molar-refractivity contribution >= 4 is 43.7 Å². The van der Waals surface area contributed by atoms with Crippen molar-refractivity contribution in [2.75, 3.05) is 0 Å². The number of hydrogen-bond donors (Lipinski definition) is 0.